The minimum atomic E-state index is -4.66. The summed E-state index contributed by atoms with van der Waals surface area (Å²) in [5.74, 6) is 0.815. The Balaban J connectivity index is 1.57. The first kappa shape index (κ1) is 19.4. The number of aromatic nitrogens is 2. The Morgan fingerprint density at radius 3 is 2.29 bits per heavy atom. The third-order valence-corrected chi connectivity index (χ3v) is 6.36. The Morgan fingerprint density at radius 1 is 1.11 bits per heavy atom. The van der Waals surface area contributed by atoms with Crippen LogP contribution in [0.25, 0.3) is 0 Å². The molecule has 1 aromatic rings. The fourth-order valence-electron chi connectivity index (χ4n) is 4.30. The average Bonchev–Trinajstić information content (AvgIpc) is 3.34. The number of aliphatic hydroxyl groups is 1. The molecule has 1 aliphatic heterocycles. The van der Waals surface area contributed by atoms with E-state index in [4.69, 9.17) is 0 Å². The number of halogens is 3. The van der Waals surface area contributed by atoms with Crippen molar-refractivity contribution in [2.45, 2.75) is 56.8 Å². The highest BCUT2D eigenvalue weighted by Crippen LogP contribution is 2.43. The van der Waals surface area contributed by atoms with Gasteiger partial charge in [-0.1, -0.05) is 0 Å². The van der Waals surface area contributed by atoms with E-state index in [1.807, 2.05) is 4.90 Å². The first-order valence-corrected chi connectivity index (χ1v) is 9.72. The Kier molecular flexibility index (Phi) is 4.52. The van der Waals surface area contributed by atoms with Gasteiger partial charge in [0.25, 0.3) is 5.56 Å². The van der Waals surface area contributed by atoms with Gasteiger partial charge in [-0.25, -0.2) is 4.79 Å². The van der Waals surface area contributed by atoms with Gasteiger partial charge in [0.15, 0.2) is 5.60 Å². The van der Waals surface area contributed by atoms with E-state index >= 15 is 0 Å². The smallest absolute Gasteiger partial charge is 0.380 e. The first-order chi connectivity index (χ1) is 13.1. The second-order valence-electron chi connectivity index (χ2n) is 8.43. The molecule has 10 heteroatoms. The van der Waals surface area contributed by atoms with Gasteiger partial charge < -0.3 is 15.3 Å². The zero-order chi connectivity index (χ0) is 20.3. The predicted molar refractivity (Wildman–Crippen MR) is 97.5 cm³/mol. The lowest BCUT2D eigenvalue weighted by atomic mass is 9.78. The van der Waals surface area contributed by atoms with Gasteiger partial charge in [-0.3, -0.25) is 13.9 Å². The van der Waals surface area contributed by atoms with E-state index in [0.29, 0.717) is 24.1 Å². The summed E-state index contributed by atoms with van der Waals surface area (Å²) in [6.07, 6.45) is -2.97. The molecule has 3 aliphatic rings. The molecule has 0 atom stereocenters. The van der Waals surface area contributed by atoms with Gasteiger partial charge in [-0.05, 0) is 50.4 Å². The molecular formula is C18H25F3N4O3. The molecule has 7 nitrogen and oxygen atoms in total. The lowest BCUT2D eigenvalue weighted by Gasteiger charge is -2.37. The summed E-state index contributed by atoms with van der Waals surface area (Å²) in [5.41, 5.74) is -3.05. The molecule has 4 rings (SSSR count). The predicted octanol–water partition coefficient (Wildman–Crippen LogP) is 1.63. The second kappa shape index (κ2) is 6.53. The molecule has 2 fully saturated rings. The summed E-state index contributed by atoms with van der Waals surface area (Å²) < 4.78 is 41.5. The zero-order valence-electron chi connectivity index (χ0n) is 15.8. The molecule has 0 unspecified atom stereocenters. The molecule has 2 saturated carbocycles. The Labute approximate surface area is 159 Å². The van der Waals surface area contributed by atoms with E-state index in [-0.39, 0.29) is 30.9 Å². The summed E-state index contributed by atoms with van der Waals surface area (Å²) in [4.78, 5) is 27.7. The van der Waals surface area contributed by atoms with Gasteiger partial charge in [0.1, 0.15) is 11.5 Å². The molecular weight excluding hydrogens is 377 g/mol. The molecule has 0 spiro atoms. The lowest BCUT2D eigenvalue weighted by Crippen LogP contribution is -2.49. The van der Waals surface area contributed by atoms with Crippen LogP contribution in [0.15, 0.2) is 9.59 Å². The van der Waals surface area contributed by atoms with Crippen molar-refractivity contribution in [1.29, 1.82) is 0 Å². The van der Waals surface area contributed by atoms with E-state index in [9.17, 15) is 27.9 Å². The van der Waals surface area contributed by atoms with Crippen LogP contribution in [0, 0.1) is 11.8 Å². The highest BCUT2D eigenvalue weighted by atomic mass is 19.4. The van der Waals surface area contributed by atoms with Crippen molar-refractivity contribution < 1.29 is 18.3 Å². The highest BCUT2D eigenvalue weighted by Gasteiger charge is 2.54. The number of alkyl halides is 3. The molecule has 2 heterocycles. The highest BCUT2D eigenvalue weighted by molar-refractivity contribution is 5.70. The lowest BCUT2D eigenvalue weighted by molar-refractivity contribution is -0.272. The number of nitrogens with zero attached hydrogens (tertiary/aromatic N) is 3. The minimum absolute atomic E-state index is 0.0734. The summed E-state index contributed by atoms with van der Waals surface area (Å²) >= 11 is 0. The van der Waals surface area contributed by atoms with Crippen LogP contribution in [0.2, 0.25) is 0 Å². The molecule has 2 aliphatic carbocycles. The van der Waals surface area contributed by atoms with Crippen molar-refractivity contribution in [3.63, 3.8) is 0 Å². The molecule has 0 radical (unpaired) electrons. The van der Waals surface area contributed by atoms with E-state index in [0.717, 1.165) is 24.0 Å². The standard InChI is InChI=1S/C18H25F3N4O3/c1-23-14-13(24(10-22-14)8-11-2-3-11)15(26)25(16(23)27)9-12-4-6-17(28,7-5-12)18(19,20)21/h11-12,22,28H,2-10H2,1H3. The third kappa shape index (κ3) is 3.21. The quantitative estimate of drug-likeness (QED) is 0.800. The maximum Gasteiger partial charge on any atom is 0.417 e. The normalized spacial score (nSPS) is 27.6. The molecule has 156 valence electrons. The van der Waals surface area contributed by atoms with Crippen molar-refractivity contribution in [1.82, 2.24) is 9.13 Å². The minimum Gasteiger partial charge on any atom is -0.380 e. The van der Waals surface area contributed by atoms with Crippen LogP contribution in [0.5, 0.6) is 0 Å². The zero-order valence-corrected chi connectivity index (χ0v) is 15.8. The number of rotatable bonds is 4. The molecule has 0 saturated heterocycles. The van der Waals surface area contributed by atoms with Crippen LogP contribution in [0.4, 0.5) is 24.7 Å². The maximum atomic E-state index is 13.0. The Bertz CT molecular complexity index is 880. The molecule has 0 aromatic carbocycles. The van der Waals surface area contributed by atoms with Crippen molar-refractivity contribution in [3.8, 4) is 0 Å². The Morgan fingerprint density at radius 2 is 1.71 bits per heavy atom. The molecule has 2 N–H and O–H groups in total. The molecule has 1 aromatic heterocycles. The van der Waals surface area contributed by atoms with Crippen molar-refractivity contribution in [2.75, 3.05) is 23.4 Å². The fourth-order valence-corrected chi connectivity index (χ4v) is 4.30. The average molecular weight is 402 g/mol. The summed E-state index contributed by atoms with van der Waals surface area (Å²) in [5, 5.41) is 12.9. The third-order valence-electron chi connectivity index (χ3n) is 6.36. The Hall–Kier alpha value is -1.97. The van der Waals surface area contributed by atoms with E-state index in [1.165, 1.54) is 4.57 Å². The number of fused-ring (bicyclic) bond motifs is 1. The number of anilines is 2. The monoisotopic (exact) mass is 402 g/mol. The van der Waals surface area contributed by atoms with Crippen molar-refractivity contribution >= 4 is 11.5 Å². The van der Waals surface area contributed by atoms with Crippen LogP contribution in [-0.4, -0.2) is 39.2 Å². The summed E-state index contributed by atoms with van der Waals surface area (Å²) in [6.45, 7) is 1.31. The number of hydrogen-bond acceptors (Lipinski definition) is 5. The summed E-state index contributed by atoms with van der Waals surface area (Å²) in [7, 11) is 1.59. The van der Waals surface area contributed by atoms with Gasteiger partial charge >= 0.3 is 11.9 Å². The SMILES string of the molecule is Cn1c2c(c(=O)n(CC3CCC(O)(C(F)(F)F)CC3)c1=O)N(CC1CC1)CN2. The van der Waals surface area contributed by atoms with Crippen LogP contribution in [0.1, 0.15) is 38.5 Å². The van der Waals surface area contributed by atoms with E-state index < -0.39 is 30.3 Å². The first-order valence-electron chi connectivity index (χ1n) is 9.72. The van der Waals surface area contributed by atoms with Crippen LogP contribution < -0.4 is 21.5 Å². The maximum absolute atomic E-state index is 13.0. The topological polar surface area (TPSA) is 79.5 Å². The molecule has 0 bridgehead atoms. The van der Waals surface area contributed by atoms with Crippen LogP contribution in [0.3, 0.4) is 0 Å². The number of hydrogen-bond donors (Lipinski definition) is 2. The fraction of sp³-hybridized carbons (Fsp3) is 0.778. The van der Waals surface area contributed by atoms with Crippen LogP contribution in [-0.2, 0) is 13.6 Å². The van der Waals surface area contributed by atoms with Gasteiger partial charge in [0.05, 0.1) is 6.67 Å². The van der Waals surface area contributed by atoms with Crippen LogP contribution >= 0.6 is 0 Å². The largest absolute Gasteiger partial charge is 0.417 e. The van der Waals surface area contributed by atoms with Crippen molar-refractivity contribution in [3.05, 3.63) is 20.8 Å². The second-order valence-corrected chi connectivity index (χ2v) is 8.43. The number of nitrogens with one attached hydrogen (secondary N) is 1. The molecule has 0 amide bonds. The van der Waals surface area contributed by atoms with Gasteiger partial charge in [0, 0.05) is 20.1 Å². The van der Waals surface area contributed by atoms with Gasteiger partial charge in [-0.15, -0.1) is 0 Å². The molecule has 28 heavy (non-hydrogen) atoms. The van der Waals surface area contributed by atoms with Gasteiger partial charge in [0.2, 0.25) is 0 Å². The summed E-state index contributed by atoms with van der Waals surface area (Å²) in [6, 6.07) is 0. The van der Waals surface area contributed by atoms with E-state index in [1.54, 1.807) is 7.05 Å². The van der Waals surface area contributed by atoms with Crippen molar-refractivity contribution in [2.24, 2.45) is 18.9 Å². The van der Waals surface area contributed by atoms with Gasteiger partial charge in [-0.2, -0.15) is 13.2 Å². The van der Waals surface area contributed by atoms with E-state index in [2.05, 4.69) is 5.32 Å².